The molecule has 0 radical (unpaired) electrons. The zero-order chi connectivity index (χ0) is 13.0. The molecule has 0 bridgehead atoms. The van der Waals surface area contributed by atoms with E-state index in [1.807, 2.05) is 0 Å². The van der Waals surface area contributed by atoms with Gasteiger partial charge in [0.05, 0.1) is 0 Å². The lowest BCUT2D eigenvalue weighted by molar-refractivity contribution is 0.238. The Morgan fingerprint density at radius 3 is 2.22 bits per heavy atom. The molecule has 1 aliphatic rings. The lowest BCUT2D eigenvalue weighted by Crippen LogP contribution is -2.35. The minimum absolute atomic E-state index is 0.712. The van der Waals surface area contributed by atoms with Crippen molar-refractivity contribution >= 4 is 11.8 Å². The minimum atomic E-state index is 0.712. The highest BCUT2D eigenvalue weighted by Gasteiger charge is 2.23. The van der Waals surface area contributed by atoms with Crippen LogP contribution in [-0.2, 0) is 6.54 Å². The fraction of sp³-hybridized carbons (Fsp3) is 0.625. The third-order valence-electron chi connectivity index (χ3n) is 3.93. The van der Waals surface area contributed by atoms with Gasteiger partial charge in [0, 0.05) is 17.5 Å². The van der Waals surface area contributed by atoms with Crippen LogP contribution in [0, 0.1) is 11.8 Å². The Kier molecular flexibility index (Phi) is 5.13. The van der Waals surface area contributed by atoms with Crippen LogP contribution in [0.15, 0.2) is 29.2 Å². The largest absolute Gasteiger partial charge is 0.310 e. The molecule has 2 unspecified atom stereocenters. The van der Waals surface area contributed by atoms with Gasteiger partial charge in [-0.1, -0.05) is 26.0 Å². The quantitative estimate of drug-likeness (QED) is 0.812. The second-order valence-electron chi connectivity index (χ2n) is 5.84. The van der Waals surface area contributed by atoms with Crippen molar-refractivity contribution in [1.29, 1.82) is 0 Å². The molecule has 0 heterocycles. The maximum Gasteiger partial charge on any atom is 0.0208 e. The van der Waals surface area contributed by atoms with Crippen molar-refractivity contribution in [3.05, 3.63) is 29.8 Å². The maximum atomic E-state index is 3.73. The zero-order valence-electron chi connectivity index (χ0n) is 11.8. The molecule has 2 atom stereocenters. The van der Waals surface area contributed by atoms with Crippen molar-refractivity contribution < 1.29 is 0 Å². The fourth-order valence-electron chi connectivity index (χ4n) is 3.12. The highest BCUT2D eigenvalue weighted by Crippen LogP contribution is 2.28. The predicted molar refractivity (Wildman–Crippen MR) is 81.0 cm³/mol. The lowest BCUT2D eigenvalue weighted by atomic mass is 9.80. The van der Waals surface area contributed by atoms with E-state index < -0.39 is 0 Å². The molecule has 1 saturated carbocycles. The van der Waals surface area contributed by atoms with Crippen molar-refractivity contribution in [1.82, 2.24) is 5.32 Å². The van der Waals surface area contributed by atoms with E-state index in [4.69, 9.17) is 0 Å². The van der Waals surface area contributed by atoms with Crippen LogP contribution in [-0.4, -0.2) is 12.3 Å². The standard InChI is InChI=1S/C16H25NS/c1-12-8-13(2)10-15(9-12)17-11-14-4-6-16(18-3)7-5-14/h4-7,12-13,15,17H,8-11H2,1-3H3. The molecule has 100 valence electrons. The molecule has 1 nitrogen and oxygen atoms in total. The molecule has 0 spiro atoms. The average molecular weight is 263 g/mol. The van der Waals surface area contributed by atoms with E-state index in [1.165, 1.54) is 29.7 Å². The van der Waals surface area contributed by atoms with E-state index in [9.17, 15) is 0 Å². The van der Waals surface area contributed by atoms with Crippen LogP contribution in [0.1, 0.15) is 38.7 Å². The van der Waals surface area contributed by atoms with Crippen molar-refractivity contribution in [2.45, 2.75) is 50.6 Å². The van der Waals surface area contributed by atoms with Crippen LogP contribution in [0.25, 0.3) is 0 Å². The molecule has 0 amide bonds. The maximum absolute atomic E-state index is 3.73. The summed E-state index contributed by atoms with van der Waals surface area (Å²) in [5, 5.41) is 3.73. The topological polar surface area (TPSA) is 12.0 Å². The van der Waals surface area contributed by atoms with Crippen molar-refractivity contribution in [3.63, 3.8) is 0 Å². The SMILES string of the molecule is CSc1ccc(CNC2CC(C)CC(C)C2)cc1. The zero-order valence-corrected chi connectivity index (χ0v) is 12.6. The van der Waals surface area contributed by atoms with E-state index in [0.717, 1.165) is 18.4 Å². The Morgan fingerprint density at radius 1 is 1.06 bits per heavy atom. The molecule has 0 aliphatic heterocycles. The van der Waals surface area contributed by atoms with Gasteiger partial charge in [-0.15, -0.1) is 11.8 Å². The number of rotatable bonds is 4. The number of thioether (sulfide) groups is 1. The summed E-state index contributed by atoms with van der Waals surface area (Å²) in [5.74, 6) is 1.76. The van der Waals surface area contributed by atoms with E-state index in [2.05, 4.69) is 49.7 Å². The first-order chi connectivity index (χ1) is 8.67. The van der Waals surface area contributed by atoms with Gasteiger partial charge in [0.1, 0.15) is 0 Å². The second kappa shape index (κ2) is 6.63. The third kappa shape index (κ3) is 4.03. The third-order valence-corrected chi connectivity index (χ3v) is 4.68. The Bertz CT molecular complexity index is 350. The summed E-state index contributed by atoms with van der Waals surface area (Å²) in [6, 6.07) is 9.63. The van der Waals surface area contributed by atoms with Crippen LogP contribution in [0.3, 0.4) is 0 Å². The van der Waals surface area contributed by atoms with E-state index in [0.29, 0.717) is 6.04 Å². The van der Waals surface area contributed by atoms with Crippen LogP contribution < -0.4 is 5.32 Å². The molecular weight excluding hydrogens is 238 g/mol. The predicted octanol–water partition coefficient (Wildman–Crippen LogP) is 4.32. The number of benzene rings is 1. The lowest BCUT2D eigenvalue weighted by Gasteiger charge is -2.32. The van der Waals surface area contributed by atoms with Crippen molar-refractivity contribution in [2.75, 3.05) is 6.26 Å². The van der Waals surface area contributed by atoms with E-state index in [1.54, 1.807) is 11.8 Å². The Morgan fingerprint density at radius 2 is 1.67 bits per heavy atom. The first kappa shape index (κ1) is 14.0. The number of hydrogen-bond donors (Lipinski definition) is 1. The molecule has 1 N–H and O–H groups in total. The van der Waals surface area contributed by atoms with E-state index >= 15 is 0 Å². The Labute approximate surface area is 116 Å². The number of hydrogen-bond acceptors (Lipinski definition) is 2. The highest BCUT2D eigenvalue weighted by atomic mass is 32.2. The van der Waals surface area contributed by atoms with Gasteiger partial charge in [0.15, 0.2) is 0 Å². The monoisotopic (exact) mass is 263 g/mol. The summed E-state index contributed by atoms with van der Waals surface area (Å²) in [4.78, 5) is 1.35. The summed E-state index contributed by atoms with van der Waals surface area (Å²) in [7, 11) is 0. The molecule has 2 rings (SSSR count). The van der Waals surface area contributed by atoms with E-state index in [-0.39, 0.29) is 0 Å². The second-order valence-corrected chi connectivity index (χ2v) is 6.72. The summed E-state index contributed by atoms with van der Waals surface area (Å²) in [6.45, 7) is 5.79. The van der Waals surface area contributed by atoms with Gasteiger partial charge >= 0.3 is 0 Å². The Hall–Kier alpha value is -0.470. The minimum Gasteiger partial charge on any atom is -0.310 e. The molecule has 1 aromatic rings. The van der Waals surface area contributed by atoms with Crippen molar-refractivity contribution in [2.24, 2.45) is 11.8 Å². The molecule has 2 heteroatoms. The summed E-state index contributed by atoms with van der Waals surface area (Å²) >= 11 is 1.80. The molecular formula is C16H25NS. The summed E-state index contributed by atoms with van der Waals surface area (Å²) < 4.78 is 0. The summed E-state index contributed by atoms with van der Waals surface area (Å²) in [5.41, 5.74) is 1.40. The van der Waals surface area contributed by atoms with Crippen LogP contribution in [0.2, 0.25) is 0 Å². The highest BCUT2D eigenvalue weighted by molar-refractivity contribution is 7.98. The summed E-state index contributed by atoms with van der Waals surface area (Å²) in [6.07, 6.45) is 6.21. The fourth-order valence-corrected chi connectivity index (χ4v) is 3.53. The van der Waals surface area contributed by atoms with Gasteiger partial charge in [0.25, 0.3) is 0 Å². The van der Waals surface area contributed by atoms with Crippen LogP contribution >= 0.6 is 11.8 Å². The first-order valence-electron chi connectivity index (χ1n) is 7.03. The van der Waals surface area contributed by atoms with Crippen molar-refractivity contribution in [3.8, 4) is 0 Å². The van der Waals surface area contributed by atoms with Gasteiger partial charge in [0.2, 0.25) is 0 Å². The van der Waals surface area contributed by atoms with Crippen LogP contribution in [0.5, 0.6) is 0 Å². The first-order valence-corrected chi connectivity index (χ1v) is 8.26. The van der Waals surface area contributed by atoms with Gasteiger partial charge < -0.3 is 5.32 Å². The molecule has 0 saturated heterocycles. The molecule has 1 aromatic carbocycles. The van der Waals surface area contributed by atoms with Gasteiger partial charge in [-0.05, 0) is 55.1 Å². The average Bonchev–Trinajstić information content (AvgIpc) is 2.36. The van der Waals surface area contributed by atoms with Gasteiger partial charge in [-0.25, -0.2) is 0 Å². The molecule has 18 heavy (non-hydrogen) atoms. The van der Waals surface area contributed by atoms with Crippen LogP contribution in [0.4, 0.5) is 0 Å². The molecule has 1 aliphatic carbocycles. The molecule has 1 fully saturated rings. The van der Waals surface area contributed by atoms with Gasteiger partial charge in [-0.2, -0.15) is 0 Å². The number of nitrogens with one attached hydrogen (secondary N) is 1. The smallest absolute Gasteiger partial charge is 0.0208 e. The van der Waals surface area contributed by atoms with Gasteiger partial charge in [-0.3, -0.25) is 0 Å². The Balaban J connectivity index is 1.83. The normalized spacial score (nSPS) is 28.3. The molecule has 0 aromatic heterocycles.